The van der Waals surface area contributed by atoms with Gasteiger partial charge in [0.1, 0.15) is 0 Å². The molecular formula is C17H20N2O3. The average molecular weight is 300 g/mol. The van der Waals surface area contributed by atoms with Gasteiger partial charge in [0.2, 0.25) is 0 Å². The van der Waals surface area contributed by atoms with Crippen molar-refractivity contribution >= 4 is 11.9 Å². The minimum Gasteiger partial charge on any atom is -0.493 e. The van der Waals surface area contributed by atoms with Gasteiger partial charge in [0.05, 0.1) is 26.0 Å². The fraction of sp³-hybridized carbons (Fsp3) is 0.294. The van der Waals surface area contributed by atoms with Crippen molar-refractivity contribution in [3.05, 3.63) is 47.8 Å². The number of ether oxygens (including phenoxy) is 2. The summed E-state index contributed by atoms with van der Waals surface area (Å²) in [5, 5.41) is 4.17. The van der Waals surface area contributed by atoms with E-state index in [2.05, 4.69) is 5.10 Å². The number of para-hydroxylation sites is 1. The molecule has 0 aliphatic carbocycles. The zero-order chi connectivity index (χ0) is 16.1. The van der Waals surface area contributed by atoms with Crippen LogP contribution in [0, 0.1) is 0 Å². The molecule has 0 N–H and O–H groups in total. The number of rotatable bonds is 6. The van der Waals surface area contributed by atoms with Crippen molar-refractivity contribution in [3.8, 4) is 11.5 Å². The van der Waals surface area contributed by atoms with E-state index in [1.54, 1.807) is 37.4 Å². The van der Waals surface area contributed by atoms with Crippen LogP contribution < -0.4 is 9.47 Å². The Morgan fingerprint density at radius 3 is 2.64 bits per heavy atom. The predicted octanol–water partition coefficient (Wildman–Crippen LogP) is 3.38. The quantitative estimate of drug-likeness (QED) is 0.606. The van der Waals surface area contributed by atoms with Crippen LogP contribution in [-0.2, 0) is 0 Å². The number of ketones is 1. The largest absolute Gasteiger partial charge is 0.493 e. The molecule has 22 heavy (non-hydrogen) atoms. The van der Waals surface area contributed by atoms with E-state index in [9.17, 15) is 4.79 Å². The molecule has 1 heterocycles. The van der Waals surface area contributed by atoms with E-state index in [-0.39, 0.29) is 11.8 Å². The molecule has 1 aromatic heterocycles. The Balaban J connectivity index is 2.22. The summed E-state index contributed by atoms with van der Waals surface area (Å²) in [7, 11) is 3.15. The van der Waals surface area contributed by atoms with Gasteiger partial charge in [0, 0.05) is 17.8 Å². The number of benzene rings is 1. The Kier molecular flexibility index (Phi) is 4.99. The molecule has 0 saturated heterocycles. The summed E-state index contributed by atoms with van der Waals surface area (Å²) < 4.78 is 12.3. The first kappa shape index (κ1) is 15.8. The average Bonchev–Trinajstić information content (AvgIpc) is 3.02. The standard InChI is InChI=1S/C17H20N2O3/c1-12(2)19-11-14(10-18-19)15(20)9-8-13-6-5-7-16(21-3)17(13)22-4/h5-12H,1-4H3. The fourth-order valence-electron chi connectivity index (χ4n) is 2.05. The Morgan fingerprint density at radius 1 is 1.27 bits per heavy atom. The monoisotopic (exact) mass is 300 g/mol. The summed E-state index contributed by atoms with van der Waals surface area (Å²) in [4.78, 5) is 12.2. The molecule has 5 nitrogen and oxygen atoms in total. The minimum absolute atomic E-state index is 0.100. The van der Waals surface area contributed by atoms with Gasteiger partial charge in [0.15, 0.2) is 17.3 Å². The van der Waals surface area contributed by atoms with Crippen LogP contribution in [-0.4, -0.2) is 29.8 Å². The second-order valence-electron chi connectivity index (χ2n) is 5.08. The third kappa shape index (κ3) is 3.36. The Morgan fingerprint density at radius 2 is 2.05 bits per heavy atom. The normalized spacial score (nSPS) is 11.1. The lowest BCUT2D eigenvalue weighted by molar-refractivity contribution is 0.104. The van der Waals surface area contributed by atoms with Crippen LogP contribution in [0.4, 0.5) is 0 Å². The molecule has 0 amide bonds. The lowest BCUT2D eigenvalue weighted by atomic mass is 10.1. The van der Waals surface area contributed by atoms with Crippen molar-refractivity contribution in [1.29, 1.82) is 0 Å². The number of methoxy groups -OCH3 is 2. The molecule has 0 fully saturated rings. The molecule has 116 valence electrons. The van der Waals surface area contributed by atoms with Crippen molar-refractivity contribution in [3.63, 3.8) is 0 Å². The summed E-state index contributed by atoms with van der Waals surface area (Å²) in [5.74, 6) is 1.13. The highest BCUT2D eigenvalue weighted by atomic mass is 16.5. The van der Waals surface area contributed by atoms with Crippen molar-refractivity contribution in [1.82, 2.24) is 9.78 Å². The fourth-order valence-corrected chi connectivity index (χ4v) is 2.05. The summed E-state index contributed by atoms with van der Waals surface area (Å²) >= 11 is 0. The van der Waals surface area contributed by atoms with Gasteiger partial charge in [-0.25, -0.2) is 0 Å². The van der Waals surface area contributed by atoms with Gasteiger partial charge in [0.25, 0.3) is 0 Å². The maximum atomic E-state index is 12.2. The molecule has 0 spiro atoms. The predicted molar refractivity (Wildman–Crippen MR) is 85.5 cm³/mol. The first-order valence-corrected chi connectivity index (χ1v) is 7.04. The minimum atomic E-state index is -0.100. The molecule has 0 aliphatic rings. The van der Waals surface area contributed by atoms with Crippen LogP contribution in [0.25, 0.3) is 6.08 Å². The summed E-state index contributed by atoms with van der Waals surface area (Å²) in [6.07, 6.45) is 6.56. The number of hydrogen-bond acceptors (Lipinski definition) is 4. The van der Waals surface area contributed by atoms with Crippen molar-refractivity contribution in [2.75, 3.05) is 14.2 Å². The Bertz CT molecular complexity index is 687. The molecule has 1 aromatic carbocycles. The van der Waals surface area contributed by atoms with E-state index in [0.29, 0.717) is 17.1 Å². The van der Waals surface area contributed by atoms with E-state index >= 15 is 0 Å². The van der Waals surface area contributed by atoms with Gasteiger partial charge in [-0.3, -0.25) is 9.48 Å². The van der Waals surface area contributed by atoms with Crippen LogP contribution in [0.5, 0.6) is 11.5 Å². The number of nitrogens with zero attached hydrogens (tertiary/aromatic N) is 2. The van der Waals surface area contributed by atoms with Crippen molar-refractivity contribution in [2.24, 2.45) is 0 Å². The van der Waals surface area contributed by atoms with Gasteiger partial charge >= 0.3 is 0 Å². The van der Waals surface area contributed by atoms with E-state index < -0.39 is 0 Å². The van der Waals surface area contributed by atoms with Gasteiger partial charge in [-0.1, -0.05) is 12.1 Å². The number of carbonyl (C=O) groups excluding carboxylic acids is 1. The highest BCUT2D eigenvalue weighted by Gasteiger charge is 2.09. The van der Waals surface area contributed by atoms with Crippen LogP contribution in [0.1, 0.15) is 35.8 Å². The zero-order valence-electron chi connectivity index (χ0n) is 13.2. The molecule has 0 saturated carbocycles. The highest BCUT2D eigenvalue weighted by Crippen LogP contribution is 2.31. The Hall–Kier alpha value is -2.56. The summed E-state index contributed by atoms with van der Waals surface area (Å²) in [6.45, 7) is 4.02. The van der Waals surface area contributed by atoms with E-state index in [0.717, 1.165) is 5.56 Å². The van der Waals surface area contributed by atoms with E-state index in [1.807, 2.05) is 32.0 Å². The molecule has 0 atom stereocenters. The molecule has 0 radical (unpaired) electrons. The number of allylic oxidation sites excluding steroid dienone is 1. The molecule has 2 aromatic rings. The SMILES string of the molecule is COc1cccc(C=CC(=O)c2cnn(C(C)C)c2)c1OC. The second kappa shape index (κ2) is 6.93. The van der Waals surface area contributed by atoms with Crippen molar-refractivity contribution in [2.45, 2.75) is 19.9 Å². The van der Waals surface area contributed by atoms with Gasteiger partial charge in [-0.2, -0.15) is 5.10 Å². The smallest absolute Gasteiger partial charge is 0.189 e. The molecule has 0 bridgehead atoms. The van der Waals surface area contributed by atoms with Gasteiger partial charge in [-0.15, -0.1) is 0 Å². The first-order valence-electron chi connectivity index (χ1n) is 7.04. The molecular weight excluding hydrogens is 280 g/mol. The lowest BCUT2D eigenvalue weighted by Gasteiger charge is -2.09. The van der Waals surface area contributed by atoms with Crippen LogP contribution >= 0.6 is 0 Å². The third-order valence-corrected chi connectivity index (χ3v) is 3.26. The van der Waals surface area contributed by atoms with E-state index in [1.165, 1.54) is 6.08 Å². The molecule has 0 aliphatic heterocycles. The molecule has 2 rings (SSSR count). The zero-order valence-corrected chi connectivity index (χ0v) is 13.2. The lowest BCUT2D eigenvalue weighted by Crippen LogP contribution is -2.00. The van der Waals surface area contributed by atoms with Crippen molar-refractivity contribution < 1.29 is 14.3 Å². The van der Waals surface area contributed by atoms with E-state index in [4.69, 9.17) is 9.47 Å². The number of carbonyl (C=O) groups is 1. The summed E-state index contributed by atoms with van der Waals surface area (Å²) in [5.41, 5.74) is 1.35. The maximum absolute atomic E-state index is 12.2. The number of hydrogen-bond donors (Lipinski definition) is 0. The van der Waals surface area contributed by atoms with Gasteiger partial charge < -0.3 is 9.47 Å². The Labute approximate surface area is 130 Å². The van der Waals surface area contributed by atoms with Crippen LogP contribution in [0.15, 0.2) is 36.7 Å². The van der Waals surface area contributed by atoms with Gasteiger partial charge in [-0.05, 0) is 32.1 Å². The van der Waals surface area contributed by atoms with Crippen LogP contribution in [0.3, 0.4) is 0 Å². The highest BCUT2D eigenvalue weighted by molar-refractivity contribution is 6.06. The third-order valence-electron chi connectivity index (χ3n) is 3.26. The maximum Gasteiger partial charge on any atom is 0.189 e. The summed E-state index contributed by atoms with van der Waals surface area (Å²) in [6, 6.07) is 5.75. The topological polar surface area (TPSA) is 53.3 Å². The molecule has 0 unspecified atom stereocenters. The first-order chi connectivity index (χ1) is 10.6. The second-order valence-corrected chi connectivity index (χ2v) is 5.08. The van der Waals surface area contributed by atoms with Crippen LogP contribution in [0.2, 0.25) is 0 Å². The molecule has 5 heteroatoms. The number of aromatic nitrogens is 2.